The third kappa shape index (κ3) is 3.63. The summed E-state index contributed by atoms with van der Waals surface area (Å²) in [5.74, 6) is 0.834. The van der Waals surface area contributed by atoms with Gasteiger partial charge in [0.15, 0.2) is 0 Å². The lowest BCUT2D eigenvalue weighted by atomic mass is 10.0. The number of furan rings is 1. The molecule has 1 aliphatic heterocycles. The van der Waals surface area contributed by atoms with Crippen molar-refractivity contribution < 1.29 is 9.21 Å². The van der Waals surface area contributed by atoms with E-state index in [1.807, 2.05) is 41.3 Å². The number of carbonyl (C=O) groups excluding carboxylic acids is 1. The molecular formula is C22H23N3O3. The Balaban J connectivity index is 1.66. The van der Waals surface area contributed by atoms with Crippen molar-refractivity contribution in [3.8, 4) is 11.3 Å². The predicted molar refractivity (Wildman–Crippen MR) is 106 cm³/mol. The van der Waals surface area contributed by atoms with E-state index in [1.165, 1.54) is 10.7 Å². The van der Waals surface area contributed by atoms with E-state index in [4.69, 9.17) is 4.42 Å². The minimum absolute atomic E-state index is 0.00466. The second kappa shape index (κ2) is 7.84. The Morgan fingerprint density at radius 2 is 2.00 bits per heavy atom. The predicted octanol–water partition coefficient (Wildman–Crippen LogP) is 3.80. The van der Waals surface area contributed by atoms with Gasteiger partial charge in [0.25, 0.3) is 11.5 Å². The molecule has 0 spiro atoms. The molecule has 6 heteroatoms. The zero-order chi connectivity index (χ0) is 19.5. The molecule has 1 aliphatic rings. The van der Waals surface area contributed by atoms with Gasteiger partial charge in [0.2, 0.25) is 0 Å². The Kier molecular flexibility index (Phi) is 5.10. The van der Waals surface area contributed by atoms with Gasteiger partial charge in [0, 0.05) is 30.8 Å². The number of hydrogen-bond acceptors (Lipinski definition) is 4. The lowest BCUT2D eigenvalue weighted by Gasteiger charge is -2.29. The maximum Gasteiger partial charge on any atom is 0.266 e. The fourth-order valence-electron chi connectivity index (χ4n) is 3.76. The Hall–Kier alpha value is -3.15. The number of aromatic nitrogens is 2. The average molecular weight is 377 g/mol. The number of amides is 1. The van der Waals surface area contributed by atoms with Crippen molar-refractivity contribution in [1.29, 1.82) is 0 Å². The van der Waals surface area contributed by atoms with E-state index in [0.29, 0.717) is 17.8 Å². The number of hydrogen-bond donors (Lipinski definition) is 0. The quantitative estimate of drug-likeness (QED) is 0.696. The number of likely N-dealkylation sites (tertiary alicyclic amines) is 1. The van der Waals surface area contributed by atoms with Gasteiger partial charge in [-0.1, -0.05) is 25.0 Å². The van der Waals surface area contributed by atoms with Gasteiger partial charge in [-0.15, -0.1) is 0 Å². The molecule has 0 N–H and O–H groups in total. The first-order chi connectivity index (χ1) is 13.6. The minimum atomic E-state index is -0.165. The van der Waals surface area contributed by atoms with Crippen molar-refractivity contribution >= 4 is 5.91 Å². The normalized spacial score (nSPS) is 17.3. The van der Waals surface area contributed by atoms with Gasteiger partial charge in [-0.05, 0) is 43.2 Å². The van der Waals surface area contributed by atoms with E-state index in [-0.39, 0.29) is 17.5 Å². The Morgan fingerprint density at radius 3 is 2.79 bits per heavy atom. The molecule has 1 amide bonds. The summed E-state index contributed by atoms with van der Waals surface area (Å²) in [4.78, 5) is 26.9. The van der Waals surface area contributed by atoms with Crippen molar-refractivity contribution in [1.82, 2.24) is 14.7 Å². The number of rotatable bonds is 3. The maximum atomic E-state index is 13.4. The second-order valence-electron chi connectivity index (χ2n) is 7.14. The lowest BCUT2D eigenvalue weighted by molar-refractivity contribution is 0.0658. The molecule has 0 bridgehead atoms. The van der Waals surface area contributed by atoms with E-state index in [2.05, 4.69) is 5.10 Å². The van der Waals surface area contributed by atoms with Crippen LogP contribution in [0.25, 0.3) is 11.3 Å². The highest BCUT2D eigenvalue weighted by atomic mass is 16.3. The smallest absolute Gasteiger partial charge is 0.266 e. The lowest BCUT2D eigenvalue weighted by Crippen LogP contribution is -2.34. The molecule has 0 saturated carbocycles. The number of aryl methyl sites for hydroxylation is 1. The third-order valence-corrected chi connectivity index (χ3v) is 5.25. The average Bonchev–Trinajstić information content (AvgIpc) is 3.14. The molecular weight excluding hydrogens is 354 g/mol. The standard InChI is InChI=1S/C22H23N3O3/c1-24-21(26)12-11-18(23-24)16-7-5-8-17(15-16)22(27)25-13-4-2-3-9-19(25)20-10-6-14-28-20/h5-8,10-12,14-15,19H,2-4,9,13H2,1H3/t19-/m0/s1. The summed E-state index contributed by atoms with van der Waals surface area (Å²) in [6.07, 6.45) is 5.75. The van der Waals surface area contributed by atoms with Crippen LogP contribution in [0.5, 0.6) is 0 Å². The molecule has 3 heterocycles. The highest BCUT2D eigenvalue weighted by molar-refractivity contribution is 5.95. The monoisotopic (exact) mass is 377 g/mol. The molecule has 0 aliphatic carbocycles. The van der Waals surface area contributed by atoms with Crippen LogP contribution in [-0.4, -0.2) is 27.1 Å². The molecule has 2 aromatic heterocycles. The van der Waals surface area contributed by atoms with Crippen LogP contribution in [0.3, 0.4) is 0 Å². The summed E-state index contributed by atoms with van der Waals surface area (Å²) >= 11 is 0. The number of carbonyl (C=O) groups is 1. The van der Waals surface area contributed by atoms with Crippen molar-refractivity contribution in [3.63, 3.8) is 0 Å². The summed E-state index contributed by atoms with van der Waals surface area (Å²) in [5, 5.41) is 4.29. The summed E-state index contributed by atoms with van der Waals surface area (Å²) < 4.78 is 6.92. The van der Waals surface area contributed by atoms with Gasteiger partial charge in [0.05, 0.1) is 18.0 Å². The van der Waals surface area contributed by atoms with E-state index < -0.39 is 0 Å². The van der Waals surface area contributed by atoms with Crippen LogP contribution in [-0.2, 0) is 7.05 Å². The van der Waals surface area contributed by atoms with Gasteiger partial charge in [-0.2, -0.15) is 5.10 Å². The second-order valence-corrected chi connectivity index (χ2v) is 7.14. The van der Waals surface area contributed by atoms with E-state index in [0.717, 1.165) is 37.0 Å². The highest BCUT2D eigenvalue weighted by Gasteiger charge is 2.29. The third-order valence-electron chi connectivity index (χ3n) is 5.25. The molecule has 1 aromatic carbocycles. The number of nitrogens with zero attached hydrogens (tertiary/aromatic N) is 3. The molecule has 0 unspecified atom stereocenters. The zero-order valence-corrected chi connectivity index (χ0v) is 15.9. The molecule has 28 heavy (non-hydrogen) atoms. The molecule has 6 nitrogen and oxygen atoms in total. The van der Waals surface area contributed by atoms with E-state index in [1.54, 1.807) is 19.4 Å². The molecule has 4 rings (SSSR count). The van der Waals surface area contributed by atoms with Crippen LogP contribution >= 0.6 is 0 Å². The molecule has 1 atom stereocenters. The summed E-state index contributed by atoms with van der Waals surface area (Å²) in [7, 11) is 1.62. The van der Waals surface area contributed by atoms with Crippen LogP contribution in [0.1, 0.15) is 47.8 Å². The van der Waals surface area contributed by atoms with Crippen molar-refractivity contribution in [2.45, 2.75) is 31.7 Å². The first kappa shape index (κ1) is 18.2. The maximum absolute atomic E-state index is 13.4. The van der Waals surface area contributed by atoms with Crippen molar-refractivity contribution in [3.05, 3.63) is 76.5 Å². The molecule has 3 aromatic rings. The van der Waals surface area contributed by atoms with Gasteiger partial charge in [-0.25, -0.2) is 4.68 Å². The van der Waals surface area contributed by atoms with Gasteiger partial charge in [-0.3, -0.25) is 9.59 Å². The van der Waals surface area contributed by atoms with Crippen LogP contribution in [0.15, 0.2) is 64.0 Å². The highest BCUT2D eigenvalue weighted by Crippen LogP contribution is 2.32. The molecule has 1 saturated heterocycles. The summed E-state index contributed by atoms with van der Waals surface area (Å²) in [6.45, 7) is 0.715. The number of benzene rings is 1. The molecule has 144 valence electrons. The van der Waals surface area contributed by atoms with Gasteiger partial charge < -0.3 is 9.32 Å². The van der Waals surface area contributed by atoms with Crippen LogP contribution in [0.2, 0.25) is 0 Å². The molecule has 1 fully saturated rings. The minimum Gasteiger partial charge on any atom is -0.467 e. The summed E-state index contributed by atoms with van der Waals surface area (Å²) in [6, 6.07) is 14.4. The van der Waals surface area contributed by atoms with Crippen LogP contribution in [0, 0.1) is 0 Å². The van der Waals surface area contributed by atoms with Crippen molar-refractivity contribution in [2.24, 2.45) is 7.05 Å². The first-order valence-corrected chi connectivity index (χ1v) is 9.62. The molecule has 0 radical (unpaired) electrons. The van der Waals surface area contributed by atoms with Gasteiger partial charge >= 0.3 is 0 Å². The SMILES string of the molecule is Cn1nc(-c2cccc(C(=O)N3CCCCC[C@H]3c3ccco3)c2)ccc1=O. The fourth-order valence-corrected chi connectivity index (χ4v) is 3.76. The van der Waals surface area contributed by atoms with E-state index in [9.17, 15) is 9.59 Å². The first-order valence-electron chi connectivity index (χ1n) is 9.62. The van der Waals surface area contributed by atoms with Gasteiger partial charge in [0.1, 0.15) is 5.76 Å². The largest absolute Gasteiger partial charge is 0.467 e. The topological polar surface area (TPSA) is 68.3 Å². The fraction of sp³-hybridized carbons (Fsp3) is 0.318. The Labute approximate surface area is 163 Å². The van der Waals surface area contributed by atoms with Crippen molar-refractivity contribution in [2.75, 3.05) is 6.54 Å². The zero-order valence-electron chi connectivity index (χ0n) is 15.9. The van der Waals surface area contributed by atoms with E-state index >= 15 is 0 Å². The Morgan fingerprint density at radius 1 is 1.11 bits per heavy atom. The summed E-state index contributed by atoms with van der Waals surface area (Å²) in [5.41, 5.74) is 1.93. The van der Waals surface area contributed by atoms with Crippen LogP contribution in [0.4, 0.5) is 0 Å². The Bertz CT molecular complexity index is 1020. The van der Waals surface area contributed by atoms with Crippen LogP contribution < -0.4 is 5.56 Å².